The van der Waals surface area contributed by atoms with Crippen molar-refractivity contribution in [1.82, 2.24) is 4.90 Å². The van der Waals surface area contributed by atoms with Gasteiger partial charge in [0.25, 0.3) is 0 Å². The minimum atomic E-state index is 0.541. The summed E-state index contributed by atoms with van der Waals surface area (Å²) in [5.41, 5.74) is 1.11. The van der Waals surface area contributed by atoms with Gasteiger partial charge in [-0.2, -0.15) is 0 Å². The summed E-state index contributed by atoms with van der Waals surface area (Å²) in [7, 11) is 1.67. The number of benzene rings is 2. The van der Waals surface area contributed by atoms with Crippen LogP contribution in [-0.2, 0) is 6.61 Å². The molecule has 4 heteroatoms. The molecule has 0 N–H and O–H groups in total. The summed E-state index contributed by atoms with van der Waals surface area (Å²) in [5.74, 6) is 2.60. The van der Waals surface area contributed by atoms with Crippen LogP contribution in [0.3, 0.4) is 0 Å². The number of rotatable bonds is 8. The van der Waals surface area contributed by atoms with Crippen LogP contribution < -0.4 is 14.2 Å². The van der Waals surface area contributed by atoms with Gasteiger partial charge in [0.15, 0.2) is 0 Å². The van der Waals surface area contributed by atoms with E-state index in [9.17, 15) is 0 Å². The van der Waals surface area contributed by atoms with Crippen LogP contribution in [0.4, 0.5) is 0 Å². The van der Waals surface area contributed by atoms with Crippen molar-refractivity contribution in [2.24, 2.45) is 0 Å². The van der Waals surface area contributed by atoms with Crippen molar-refractivity contribution in [3.63, 3.8) is 0 Å². The lowest BCUT2D eigenvalue weighted by molar-refractivity contribution is 0.237. The molecule has 2 aromatic carbocycles. The van der Waals surface area contributed by atoms with E-state index in [1.807, 2.05) is 48.5 Å². The number of hydrogen-bond acceptors (Lipinski definition) is 4. The van der Waals surface area contributed by atoms with Gasteiger partial charge in [-0.25, -0.2) is 0 Å². The third kappa shape index (κ3) is 4.90. The molecule has 1 fully saturated rings. The molecule has 0 unspecified atom stereocenters. The molecule has 0 radical (unpaired) electrons. The molecular formula is C20H25NO3. The van der Waals surface area contributed by atoms with E-state index >= 15 is 0 Å². The van der Waals surface area contributed by atoms with E-state index in [-0.39, 0.29) is 0 Å². The quantitative estimate of drug-likeness (QED) is 0.739. The fraction of sp³-hybridized carbons (Fsp3) is 0.400. The minimum absolute atomic E-state index is 0.541. The first-order valence-electron chi connectivity index (χ1n) is 8.54. The van der Waals surface area contributed by atoms with Crippen molar-refractivity contribution in [1.29, 1.82) is 0 Å². The van der Waals surface area contributed by atoms with Gasteiger partial charge in [0, 0.05) is 6.54 Å². The zero-order chi connectivity index (χ0) is 16.6. The molecule has 1 aliphatic rings. The standard InChI is InChI=1S/C20H25NO3/c1-22-18-6-4-17(5-7-18)16-24-20-10-8-19(9-11-20)23-15-14-21-12-2-3-13-21/h4-11H,2-3,12-16H2,1H3. The topological polar surface area (TPSA) is 30.9 Å². The van der Waals surface area contributed by atoms with Gasteiger partial charge in [-0.3, -0.25) is 4.90 Å². The summed E-state index contributed by atoms with van der Waals surface area (Å²) >= 11 is 0. The molecule has 0 spiro atoms. The average molecular weight is 327 g/mol. The van der Waals surface area contributed by atoms with Gasteiger partial charge in [0.1, 0.15) is 30.5 Å². The summed E-state index contributed by atoms with van der Waals surface area (Å²) in [6, 6.07) is 15.7. The molecule has 4 nitrogen and oxygen atoms in total. The van der Waals surface area contributed by atoms with Crippen LogP contribution in [0.2, 0.25) is 0 Å². The summed E-state index contributed by atoms with van der Waals surface area (Å²) in [5, 5.41) is 0. The van der Waals surface area contributed by atoms with Crippen LogP contribution in [-0.4, -0.2) is 38.3 Å². The first kappa shape index (κ1) is 16.7. The second kappa shape index (κ2) is 8.60. The molecular weight excluding hydrogens is 302 g/mol. The Hall–Kier alpha value is -2.20. The number of hydrogen-bond donors (Lipinski definition) is 0. The minimum Gasteiger partial charge on any atom is -0.497 e. The van der Waals surface area contributed by atoms with E-state index in [1.165, 1.54) is 25.9 Å². The van der Waals surface area contributed by atoms with Crippen LogP contribution in [0.5, 0.6) is 17.2 Å². The van der Waals surface area contributed by atoms with E-state index in [1.54, 1.807) is 7.11 Å². The number of ether oxygens (including phenoxy) is 3. The van der Waals surface area contributed by atoms with Gasteiger partial charge >= 0.3 is 0 Å². The second-order valence-electron chi connectivity index (χ2n) is 6.01. The van der Waals surface area contributed by atoms with E-state index in [0.717, 1.165) is 36.0 Å². The summed E-state index contributed by atoms with van der Waals surface area (Å²) in [6.07, 6.45) is 2.64. The van der Waals surface area contributed by atoms with Gasteiger partial charge < -0.3 is 14.2 Å². The van der Waals surface area contributed by atoms with Crippen molar-refractivity contribution in [3.05, 3.63) is 54.1 Å². The smallest absolute Gasteiger partial charge is 0.120 e. The highest BCUT2D eigenvalue weighted by molar-refractivity contribution is 5.32. The highest BCUT2D eigenvalue weighted by atomic mass is 16.5. The molecule has 2 aromatic rings. The Morgan fingerprint density at radius 2 is 1.38 bits per heavy atom. The maximum absolute atomic E-state index is 5.80. The second-order valence-corrected chi connectivity index (χ2v) is 6.01. The molecule has 0 bridgehead atoms. The van der Waals surface area contributed by atoms with Crippen molar-refractivity contribution in [2.75, 3.05) is 33.4 Å². The Bertz CT molecular complexity index is 604. The van der Waals surface area contributed by atoms with Gasteiger partial charge in [-0.05, 0) is 67.9 Å². The molecule has 0 aliphatic carbocycles. The van der Waals surface area contributed by atoms with E-state index in [4.69, 9.17) is 14.2 Å². The number of methoxy groups -OCH3 is 1. The van der Waals surface area contributed by atoms with E-state index in [0.29, 0.717) is 6.61 Å². The third-order valence-corrected chi connectivity index (χ3v) is 4.26. The molecule has 1 heterocycles. The normalized spacial score (nSPS) is 14.5. The molecule has 0 amide bonds. The summed E-state index contributed by atoms with van der Waals surface area (Å²) in [6.45, 7) is 4.71. The predicted molar refractivity (Wildman–Crippen MR) is 94.9 cm³/mol. The summed E-state index contributed by atoms with van der Waals surface area (Å²) < 4.78 is 16.8. The highest BCUT2D eigenvalue weighted by Crippen LogP contribution is 2.19. The Labute approximate surface area is 144 Å². The first-order chi connectivity index (χ1) is 11.8. The van der Waals surface area contributed by atoms with Crippen LogP contribution in [0.15, 0.2) is 48.5 Å². The zero-order valence-corrected chi connectivity index (χ0v) is 14.2. The van der Waals surface area contributed by atoms with Crippen LogP contribution in [0.1, 0.15) is 18.4 Å². The van der Waals surface area contributed by atoms with E-state index in [2.05, 4.69) is 4.90 Å². The fourth-order valence-corrected chi connectivity index (χ4v) is 2.82. The van der Waals surface area contributed by atoms with Crippen molar-refractivity contribution in [3.8, 4) is 17.2 Å². The van der Waals surface area contributed by atoms with Crippen LogP contribution in [0, 0.1) is 0 Å². The maximum atomic E-state index is 5.80. The fourth-order valence-electron chi connectivity index (χ4n) is 2.82. The molecule has 0 atom stereocenters. The van der Waals surface area contributed by atoms with Crippen molar-refractivity contribution in [2.45, 2.75) is 19.4 Å². The summed E-state index contributed by atoms with van der Waals surface area (Å²) in [4.78, 5) is 2.45. The molecule has 24 heavy (non-hydrogen) atoms. The van der Waals surface area contributed by atoms with Gasteiger partial charge in [0.2, 0.25) is 0 Å². The van der Waals surface area contributed by atoms with E-state index < -0.39 is 0 Å². The Balaban J connectivity index is 1.41. The molecule has 1 aliphatic heterocycles. The molecule has 128 valence electrons. The van der Waals surface area contributed by atoms with Gasteiger partial charge in [-0.15, -0.1) is 0 Å². The lowest BCUT2D eigenvalue weighted by Crippen LogP contribution is -2.25. The Morgan fingerprint density at radius 3 is 2.00 bits per heavy atom. The third-order valence-electron chi connectivity index (χ3n) is 4.26. The molecule has 0 aromatic heterocycles. The Kier molecular flexibility index (Phi) is 5.96. The number of likely N-dealkylation sites (tertiary alicyclic amines) is 1. The lowest BCUT2D eigenvalue weighted by Gasteiger charge is -2.15. The SMILES string of the molecule is COc1ccc(COc2ccc(OCCN3CCCC3)cc2)cc1. The zero-order valence-electron chi connectivity index (χ0n) is 14.2. The Morgan fingerprint density at radius 1 is 0.792 bits per heavy atom. The van der Waals surface area contributed by atoms with Crippen molar-refractivity contribution < 1.29 is 14.2 Å². The van der Waals surface area contributed by atoms with Gasteiger partial charge in [-0.1, -0.05) is 12.1 Å². The van der Waals surface area contributed by atoms with Crippen molar-refractivity contribution >= 4 is 0 Å². The average Bonchev–Trinajstić information content (AvgIpc) is 3.15. The molecule has 0 saturated carbocycles. The molecule has 3 rings (SSSR count). The highest BCUT2D eigenvalue weighted by Gasteiger charge is 2.10. The van der Waals surface area contributed by atoms with Gasteiger partial charge in [0.05, 0.1) is 7.11 Å². The monoisotopic (exact) mass is 327 g/mol. The molecule has 1 saturated heterocycles. The number of nitrogens with zero attached hydrogens (tertiary/aromatic N) is 1. The first-order valence-corrected chi connectivity index (χ1v) is 8.54. The van der Waals surface area contributed by atoms with Crippen LogP contribution in [0.25, 0.3) is 0 Å². The lowest BCUT2D eigenvalue weighted by atomic mass is 10.2. The predicted octanol–water partition coefficient (Wildman–Crippen LogP) is 3.75. The largest absolute Gasteiger partial charge is 0.497 e. The van der Waals surface area contributed by atoms with Crippen LogP contribution >= 0.6 is 0 Å². The maximum Gasteiger partial charge on any atom is 0.120 e.